The fraction of sp³-hybridized carbons (Fsp3) is 0.867. The molecule has 0 aromatic carbocycles. The van der Waals surface area contributed by atoms with Crippen LogP contribution in [0.25, 0.3) is 0 Å². The summed E-state index contributed by atoms with van der Waals surface area (Å²) >= 11 is 0. The lowest BCUT2D eigenvalue weighted by molar-refractivity contribution is -0.146. The van der Waals surface area contributed by atoms with Gasteiger partial charge in [0.2, 0.25) is 0 Å². The Morgan fingerprint density at radius 3 is 2.35 bits per heavy atom. The third-order valence-corrected chi connectivity index (χ3v) is 4.40. The first-order chi connectivity index (χ1) is 9.58. The molecule has 2 rings (SSSR count). The molecule has 1 N–H and O–H groups in total. The number of carbonyl (C=O) groups is 2. The minimum Gasteiger partial charge on any atom is -0.481 e. The Balaban J connectivity index is 1.81. The molecule has 0 bridgehead atoms. The average molecular weight is 283 g/mol. The highest BCUT2D eigenvalue weighted by Crippen LogP contribution is 2.23. The number of carbonyl (C=O) groups excluding carboxylic acids is 1. The Morgan fingerprint density at radius 1 is 1.15 bits per heavy atom. The Labute approximate surface area is 120 Å². The van der Waals surface area contributed by atoms with E-state index in [9.17, 15) is 9.59 Å². The van der Waals surface area contributed by atoms with Crippen LogP contribution < -0.4 is 0 Å². The van der Waals surface area contributed by atoms with Gasteiger partial charge in [0, 0.05) is 13.1 Å². The number of nitrogens with zero attached hydrogens (tertiary/aromatic N) is 1. The molecule has 5 nitrogen and oxygen atoms in total. The lowest BCUT2D eigenvalue weighted by Gasteiger charge is -2.24. The van der Waals surface area contributed by atoms with Crippen molar-refractivity contribution >= 4 is 11.9 Å². The predicted octanol–water partition coefficient (Wildman–Crippen LogP) is 2.05. The minimum atomic E-state index is -0.808. The number of hydrogen-bond donors (Lipinski definition) is 1. The molecule has 0 aromatic rings. The molecule has 5 heteroatoms. The fourth-order valence-corrected chi connectivity index (χ4v) is 3.14. The first-order valence-corrected chi connectivity index (χ1v) is 7.75. The molecule has 0 unspecified atom stereocenters. The van der Waals surface area contributed by atoms with Crippen molar-refractivity contribution in [3.63, 3.8) is 0 Å². The SMILES string of the molecule is C[C@H](OC1CCCCCC1)C(=O)N1CC[C@@H](C(=O)O)C1. The summed E-state index contributed by atoms with van der Waals surface area (Å²) in [4.78, 5) is 24.8. The summed E-state index contributed by atoms with van der Waals surface area (Å²) in [6.45, 7) is 2.65. The highest BCUT2D eigenvalue weighted by molar-refractivity contribution is 5.82. The molecule has 1 saturated carbocycles. The quantitative estimate of drug-likeness (QED) is 0.802. The van der Waals surface area contributed by atoms with Crippen molar-refractivity contribution in [2.75, 3.05) is 13.1 Å². The van der Waals surface area contributed by atoms with Crippen molar-refractivity contribution < 1.29 is 19.4 Å². The maximum absolute atomic E-state index is 12.3. The molecule has 1 aliphatic carbocycles. The van der Waals surface area contributed by atoms with Crippen molar-refractivity contribution in [2.24, 2.45) is 5.92 Å². The highest BCUT2D eigenvalue weighted by atomic mass is 16.5. The van der Waals surface area contributed by atoms with Crippen LogP contribution in [0.5, 0.6) is 0 Å². The molecule has 1 heterocycles. The molecule has 2 aliphatic rings. The van der Waals surface area contributed by atoms with Crippen LogP contribution in [-0.2, 0) is 14.3 Å². The van der Waals surface area contributed by atoms with E-state index in [1.165, 1.54) is 25.7 Å². The van der Waals surface area contributed by atoms with Crippen LogP contribution in [0.4, 0.5) is 0 Å². The number of amides is 1. The van der Waals surface area contributed by atoms with Crippen molar-refractivity contribution in [1.82, 2.24) is 4.90 Å². The fourth-order valence-electron chi connectivity index (χ4n) is 3.14. The van der Waals surface area contributed by atoms with Crippen LogP contribution in [0, 0.1) is 5.92 Å². The second kappa shape index (κ2) is 7.07. The maximum Gasteiger partial charge on any atom is 0.308 e. The zero-order valence-electron chi connectivity index (χ0n) is 12.2. The van der Waals surface area contributed by atoms with E-state index in [2.05, 4.69) is 0 Å². The van der Waals surface area contributed by atoms with Crippen molar-refractivity contribution in [3.8, 4) is 0 Å². The van der Waals surface area contributed by atoms with Crippen molar-refractivity contribution in [3.05, 3.63) is 0 Å². The van der Waals surface area contributed by atoms with Gasteiger partial charge in [-0.1, -0.05) is 25.7 Å². The van der Waals surface area contributed by atoms with E-state index in [4.69, 9.17) is 9.84 Å². The number of ether oxygens (including phenoxy) is 1. The van der Waals surface area contributed by atoms with E-state index >= 15 is 0 Å². The van der Waals surface area contributed by atoms with Gasteiger partial charge < -0.3 is 14.7 Å². The number of likely N-dealkylation sites (tertiary alicyclic amines) is 1. The van der Waals surface area contributed by atoms with Gasteiger partial charge in [-0.15, -0.1) is 0 Å². The highest BCUT2D eigenvalue weighted by Gasteiger charge is 2.33. The number of aliphatic carboxylic acids is 1. The molecule has 1 aliphatic heterocycles. The van der Waals surface area contributed by atoms with Gasteiger partial charge in [-0.3, -0.25) is 9.59 Å². The summed E-state index contributed by atoms with van der Waals surface area (Å²) in [5.41, 5.74) is 0. The third kappa shape index (κ3) is 3.95. The number of carboxylic acid groups (broad SMARTS) is 1. The predicted molar refractivity (Wildman–Crippen MR) is 74.4 cm³/mol. The zero-order chi connectivity index (χ0) is 14.5. The van der Waals surface area contributed by atoms with Crippen LogP contribution in [0.2, 0.25) is 0 Å². The van der Waals surface area contributed by atoms with E-state index in [0.29, 0.717) is 19.5 Å². The molecule has 2 fully saturated rings. The minimum absolute atomic E-state index is 0.0574. The number of carboxylic acids is 1. The van der Waals surface area contributed by atoms with E-state index in [0.717, 1.165) is 12.8 Å². The van der Waals surface area contributed by atoms with E-state index in [1.54, 1.807) is 11.8 Å². The third-order valence-electron chi connectivity index (χ3n) is 4.40. The van der Waals surface area contributed by atoms with Gasteiger partial charge in [0.1, 0.15) is 6.10 Å². The number of hydrogen-bond acceptors (Lipinski definition) is 3. The molecule has 1 saturated heterocycles. The second-order valence-corrected chi connectivity index (χ2v) is 6.00. The van der Waals surface area contributed by atoms with Crippen LogP contribution in [-0.4, -0.2) is 47.2 Å². The Hall–Kier alpha value is -1.10. The van der Waals surface area contributed by atoms with E-state index in [1.807, 2.05) is 0 Å². The molecule has 0 radical (unpaired) electrons. The van der Waals surface area contributed by atoms with Gasteiger partial charge >= 0.3 is 5.97 Å². The van der Waals surface area contributed by atoms with E-state index in [-0.39, 0.29) is 12.0 Å². The van der Waals surface area contributed by atoms with Gasteiger partial charge in [-0.25, -0.2) is 0 Å². The molecule has 114 valence electrons. The van der Waals surface area contributed by atoms with Gasteiger partial charge in [0.25, 0.3) is 5.91 Å². The zero-order valence-corrected chi connectivity index (χ0v) is 12.2. The number of rotatable bonds is 4. The smallest absolute Gasteiger partial charge is 0.308 e. The van der Waals surface area contributed by atoms with Crippen LogP contribution in [0.1, 0.15) is 51.9 Å². The Kier molecular flexibility index (Phi) is 5.40. The monoisotopic (exact) mass is 283 g/mol. The summed E-state index contributed by atoms with van der Waals surface area (Å²) < 4.78 is 5.90. The molecular formula is C15H25NO4. The summed E-state index contributed by atoms with van der Waals surface area (Å²) in [5.74, 6) is -1.28. The summed E-state index contributed by atoms with van der Waals surface area (Å²) in [6.07, 6.45) is 7.23. The van der Waals surface area contributed by atoms with Crippen LogP contribution in [0.3, 0.4) is 0 Å². The molecular weight excluding hydrogens is 258 g/mol. The summed E-state index contributed by atoms with van der Waals surface area (Å²) in [7, 11) is 0. The van der Waals surface area contributed by atoms with Crippen LogP contribution >= 0.6 is 0 Å². The molecule has 1 amide bonds. The summed E-state index contributed by atoms with van der Waals surface area (Å²) in [5, 5.41) is 8.97. The molecule has 0 spiro atoms. The maximum atomic E-state index is 12.3. The van der Waals surface area contributed by atoms with Crippen molar-refractivity contribution in [2.45, 2.75) is 64.1 Å². The molecule has 20 heavy (non-hydrogen) atoms. The Bertz CT molecular complexity index is 350. The standard InChI is InChI=1S/C15H25NO4/c1-11(20-13-6-4-2-3-5-7-13)14(17)16-9-8-12(10-16)15(18)19/h11-13H,2-10H2,1H3,(H,18,19)/t11-,12+/m0/s1. The van der Waals surface area contributed by atoms with Gasteiger partial charge in [-0.05, 0) is 26.2 Å². The van der Waals surface area contributed by atoms with Gasteiger partial charge in [0.15, 0.2) is 0 Å². The summed E-state index contributed by atoms with van der Waals surface area (Å²) in [6, 6.07) is 0. The lowest BCUT2D eigenvalue weighted by Crippen LogP contribution is -2.39. The van der Waals surface area contributed by atoms with Gasteiger partial charge in [-0.2, -0.15) is 0 Å². The Morgan fingerprint density at radius 2 is 1.80 bits per heavy atom. The van der Waals surface area contributed by atoms with E-state index < -0.39 is 18.0 Å². The van der Waals surface area contributed by atoms with Gasteiger partial charge in [0.05, 0.1) is 12.0 Å². The second-order valence-electron chi connectivity index (χ2n) is 6.00. The van der Waals surface area contributed by atoms with Crippen molar-refractivity contribution in [1.29, 1.82) is 0 Å². The first kappa shape index (κ1) is 15.3. The van der Waals surface area contributed by atoms with Crippen LogP contribution in [0.15, 0.2) is 0 Å². The molecule has 2 atom stereocenters. The first-order valence-electron chi connectivity index (χ1n) is 7.75. The topological polar surface area (TPSA) is 66.8 Å². The lowest BCUT2D eigenvalue weighted by atomic mass is 10.1. The normalized spacial score (nSPS) is 26.2. The average Bonchev–Trinajstić information content (AvgIpc) is 2.78. The largest absolute Gasteiger partial charge is 0.481 e. The molecule has 0 aromatic heterocycles.